The first kappa shape index (κ1) is 14.9. The van der Waals surface area contributed by atoms with Crippen LogP contribution in [0, 0.1) is 5.92 Å². The zero-order valence-electron chi connectivity index (χ0n) is 13.6. The molecule has 0 radical (unpaired) electrons. The van der Waals surface area contributed by atoms with E-state index in [2.05, 4.69) is 9.88 Å². The van der Waals surface area contributed by atoms with Gasteiger partial charge in [-0.2, -0.15) is 0 Å². The number of benzene rings is 1. The molecule has 5 rings (SSSR count). The molecular weight excluding hydrogens is 288 g/mol. The number of methoxy groups -OCH3 is 1. The molecule has 1 N–H and O–H groups in total. The average molecular weight is 312 g/mol. The van der Waals surface area contributed by atoms with Gasteiger partial charge in [0, 0.05) is 17.6 Å². The summed E-state index contributed by atoms with van der Waals surface area (Å²) in [7, 11) is 1.67. The lowest BCUT2D eigenvalue weighted by molar-refractivity contribution is 0.0456. The highest BCUT2D eigenvalue weighted by Gasteiger charge is 2.35. The predicted molar refractivity (Wildman–Crippen MR) is 90.6 cm³/mol. The lowest BCUT2D eigenvalue weighted by atomic mass is 9.93. The van der Waals surface area contributed by atoms with Gasteiger partial charge >= 0.3 is 0 Å². The minimum atomic E-state index is -0.468. The van der Waals surface area contributed by atoms with E-state index in [-0.39, 0.29) is 6.04 Å². The Morgan fingerprint density at radius 2 is 2.00 bits per heavy atom. The minimum absolute atomic E-state index is 0.222. The second-order valence-electron chi connectivity index (χ2n) is 6.85. The van der Waals surface area contributed by atoms with Gasteiger partial charge in [-0.15, -0.1) is 0 Å². The third-order valence-electron chi connectivity index (χ3n) is 5.65. The van der Waals surface area contributed by atoms with E-state index >= 15 is 0 Å². The van der Waals surface area contributed by atoms with Crippen molar-refractivity contribution in [2.75, 3.05) is 20.2 Å². The molecule has 2 aromatic rings. The number of aliphatic hydroxyl groups is 1. The third kappa shape index (κ3) is 2.70. The molecule has 122 valence electrons. The highest BCUT2D eigenvalue weighted by Crippen LogP contribution is 2.37. The molecule has 23 heavy (non-hydrogen) atoms. The summed E-state index contributed by atoms with van der Waals surface area (Å²) in [5.41, 5.74) is 1.89. The molecule has 3 aliphatic heterocycles. The van der Waals surface area contributed by atoms with Crippen molar-refractivity contribution < 1.29 is 9.84 Å². The molecule has 2 atom stereocenters. The Labute approximate surface area is 137 Å². The Balaban J connectivity index is 1.72. The quantitative estimate of drug-likeness (QED) is 0.945. The van der Waals surface area contributed by atoms with Crippen LogP contribution in [0.5, 0.6) is 5.75 Å². The molecule has 4 nitrogen and oxygen atoms in total. The molecule has 1 aromatic heterocycles. The molecule has 0 amide bonds. The first-order valence-electron chi connectivity index (χ1n) is 8.61. The number of hydrogen-bond acceptors (Lipinski definition) is 4. The topological polar surface area (TPSA) is 45.6 Å². The molecule has 2 unspecified atom stereocenters. The van der Waals surface area contributed by atoms with Crippen LogP contribution in [0.4, 0.5) is 0 Å². The number of aliphatic hydroxyl groups excluding tert-OH is 1. The van der Waals surface area contributed by atoms with E-state index in [4.69, 9.17) is 4.74 Å². The van der Waals surface area contributed by atoms with Gasteiger partial charge in [0.1, 0.15) is 5.75 Å². The Bertz CT molecular complexity index is 695. The number of piperidine rings is 1. The van der Waals surface area contributed by atoms with Gasteiger partial charge < -0.3 is 9.84 Å². The molecule has 3 saturated heterocycles. The van der Waals surface area contributed by atoms with Crippen LogP contribution in [0.1, 0.15) is 37.4 Å². The summed E-state index contributed by atoms with van der Waals surface area (Å²) in [6, 6.07) is 8.06. The molecular formula is C19H24N2O2. The standard InChI is InChI=1S/C19H24N2O2/c1-23-14-3-4-17-16(12-14)15(6-9-20-17)19(22)18-5-2-13-7-10-21(18)11-8-13/h3-4,6,9,12-13,18-19,22H,2,5,7-8,10-11H2,1H3. The first-order valence-corrected chi connectivity index (χ1v) is 8.61. The minimum Gasteiger partial charge on any atom is -0.497 e. The van der Waals surface area contributed by atoms with Crippen LogP contribution in [0.2, 0.25) is 0 Å². The summed E-state index contributed by atoms with van der Waals surface area (Å²) >= 11 is 0. The van der Waals surface area contributed by atoms with Crippen LogP contribution < -0.4 is 4.74 Å². The number of ether oxygens (including phenoxy) is 1. The molecule has 3 fully saturated rings. The van der Waals surface area contributed by atoms with Crippen molar-refractivity contribution in [1.82, 2.24) is 9.88 Å². The van der Waals surface area contributed by atoms with E-state index in [0.29, 0.717) is 0 Å². The molecule has 4 heteroatoms. The van der Waals surface area contributed by atoms with E-state index in [0.717, 1.165) is 47.6 Å². The fourth-order valence-electron chi connectivity index (χ4n) is 4.26. The second kappa shape index (κ2) is 6.10. The van der Waals surface area contributed by atoms with Crippen molar-refractivity contribution in [3.05, 3.63) is 36.0 Å². The average Bonchev–Trinajstić information content (AvgIpc) is 2.94. The monoisotopic (exact) mass is 312 g/mol. The van der Waals surface area contributed by atoms with Gasteiger partial charge in [0.05, 0.1) is 18.7 Å². The van der Waals surface area contributed by atoms with E-state index < -0.39 is 6.10 Å². The number of aromatic nitrogens is 1. The van der Waals surface area contributed by atoms with Gasteiger partial charge in [-0.3, -0.25) is 9.88 Å². The summed E-state index contributed by atoms with van der Waals surface area (Å²) < 4.78 is 5.35. The zero-order chi connectivity index (χ0) is 15.8. The van der Waals surface area contributed by atoms with Gasteiger partial charge in [0.25, 0.3) is 0 Å². The number of rotatable bonds is 3. The first-order chi connectivity index (χ1) is 11.3. The maximum Gasteiger partial charge on any atom is 0.119 e. The van der Waals surface area contributed by atoms with E-state index in [1.165, 1.54) is 19.3 Å². The fourth-order valence-corrected chi connectivity index (χ4v) is 4.26. The van der Waals surface area contributed by atoms with Crippen molar-refractivity contribution in [3.8, 4) is 5.75 Å². The maximum atomic E-state index is 11.1. The van der Waals surface area contributed by atoms with Gasteiger partial charge in [-0.05, 0) is 74.5 Å². The van der Waals surface area contributed by atoms with Crippen molar-refractivity contribution >= 4 is 10.9 Å². The van der Waals surface area contributed by atoms with Crippen LogP contribution in [-0.2, 0) is 0 Å². The van der Waals surface area contributed by atoms with Crippen LogP contribution in [-0.4, -0.2) is 41.2 Å². The van der Waals surface area contributed by atoms with Gasteiger partial charge in [0.2, 0.25) is 0 Å². The van der Waals surface area contributed by atoms with Gasteiger partial charge in [-0.25, -0.2) is 0 Å². The van der Waals surface area contributed by atoms with Crippen LogP contribution in [0.25, 0.3) is 10.9 Å². The maximum absolute atomic E-state index is 11.1. The van der Waals surface area contributed by atoms with E-state index in [1.807, 2.05) is 24.3 Å². The lowest BCUT2D eigenvalue weighted by Gasteiger charge is -2.35. The van der Waals surface area contributed by atoms with Crippen molar-refractivity contribution in [3.63, 3.8) is 0 Å². The molecule has 0 spiro atoms. The van der Waals surface area contributed by atoms with Gasteiger partial charge in [-0.1, -0.05) is 0 Å². The van der Waals surface area contributed by atoms with Crippen molar-refractivity contribution in [2.45, 2.75) is 37.8 Å². The number of fused-ring (bicyclic) bond motifs is 5. The molecule has 3 aliphatic rings. The SMILES string of the molecule is COc1ccc2nccc(C(O)C3CCC4CCN3CC4)c2c1. The number of hydrogen-bond donors (Lipinski definition) is 1. The summed E-state index contributed by atoms with van der Waals surface area (Å²) in [6.45, 7) is 2.25. The van der Waals surface area contributed by atoms with Gasteiger partial charge in [0.15, 0.2) is 0 Å². The number of pyridine rings is 1. The highest BCUT2D eigenvalue weighted by molar-refractivity contribution is 5.83. The smallest absolute Gasteiger partial charge is 0.119 e. The Hall–Kier alpha value is -1.65. The Morgan fingerprint density at radius 1 is 1.17 bits per heavy atom. The third-order valence-corrected chi connectivity index (χ3v) is 5.65. The molecule has 2 bridgehead atoms. The summed E-state index contributed by atoms with van der Waals surface area (Å²) in [5.74, 6) is 1.67. The largest absolute Gasteiger partial charge is 0.497 e. The molecule has 0 saturated carbocycles. The van der Waals surface area contributed by atoms with Crippen molar-refractivity contribution in [1.29, 1.82) is 0 Å². The number of nitrogens with zero attached hydrogens (tertiary/aromatic N) is 2. The van der Waals surface area contributed by atoms with Crippen LogP contribution in [0.3, 0.4) is 0 Å². The summed E-state index contributed by atoms with van der Waals surface area (Å²) in [6.07, 6.45) is 6.23. The summed E-state index contributed by atoms with van der Waals surface area (Å²) in [5, 5.41) is 12.1. The van der Waals surface area contributed by atoms with E-state index in [9.17, 15) is 5.11 Å². The van der Waals surface area contributed by atoms with Crippen LogP contribution >= 0.6 is 0 Å². The normalized spacial score (nSPS) is 28.5. The Morgan fingerprint density at radius 3 is 2.78 bits per heavy atom. The summed E-state index contributed by atoms with van der Waals surface area (Å²) in [4.78, 5) is 6.92. The van der Waals surface area contributed by atoms with Crippen molar-refractivity contribution in [2.24, 2.45) is 5.92 Å². The fraction of sp³-hybridized carbons (Fsp3) is 0.526. The predicted octanol–water partition coefficient (Wildman–Crippen LogP) is 3.15. The molecule has 4 heterocycles. The molecule has 1 aromatic carbocycles. The molecule has 0 aliphatic carbocycles. The Kier molecular flexibility index (Phi) is 3.95. The lowest BCUT2D eigenvalue weighted by Crippen LogP contribution is -2.41. The zero-order valence-corrected chi connectivity index (χ0v) is 13.6. The van der Waals surface area contributed by atoms with Crippen LogP contribution in [0.15, 0.2) is 30.5 Å². The highest BCUT2D eigenvalue weighted by atomic mass is 16.5. The van der Waals surface area contributed by atoms with E-state index in [1.54, 1.807) is 13.3 Å². The second-order valence-corrected chi connectivity index (χ2v) is 6.85.